The monoisotopic (exact) mass is 458 g/mol. The molecule has 2 aliphatic rings. The Labute approximate surface area is 189 Å². The number of carbonyl (C=O) groups is 1. The lowest BCUT2D eigenvalue weighted by Crippen LogP contribution is -2.45. The normalized spacial score (nSPS) is 21.0. The van der Waals surface area contributed by atoms with Crippen molar-refractivity contribution in [3.8, 4) is 0 Å². The van der Waals surface area contributed by atoms with Crippen LogP contribution in [0, 0.1) is 17.0 Å². The Morgan fingerprint density at radius 3 is 2.36 bits per heavy atom. The lowest BCUT2D eigenvalue weighted by Gasteiger charge is -2.33. The summed E-state index contributed by atoms with van der Waals surface area (Å²) in [5.74, 6) is -2.75. The summed E-state index contributed by atoms with van der Waals surface area (Å²) < 4.78 is 48.2. The number of ether oxygens (including phenoxy) is 1. The number of halogens is 3. The number of nitrogens with zero attached hydrogens (tertiary/aromatic N) is 1. The smallest absolute Gasteiger partial charge is 0.293 e. The minimum absolute atomic E-state index is 0.103. The second-order valence-corrected chi connectivity index (χ2v) is 8.06. The van der Waals surface area contributed by atoms with E-state index in [1.807, 2.05) is 24.3 Å². The van der Waals surface area contributed by atoms with Crippen LogP contribution in [0.4, 0.5) is 18.9 Å². The maximum atomic E-state index is 15.0. The van der Waals surface area contributed by atoms with E-state index in [2.05, 4.69) is 10.6 Å². The second-order valence-electron chi connectivity index (χ2n) is 8.06. The molecule has 2 unspecified atom stereocenters. The lowest BCUT2D eigenvalue weighted by atomic mass is 9.88. The van der Waals surface area contributed by atoms with Crippen LogP contribution in [0.15, 0.2) is 53.9 Å². The Bertz CT molecular complexity index is 1050. The highest BCUT2D eigenvalue weighted by molar-refractivity contribution is 6.05. The quantitative estimate of drug-likeness (QED) is 0.353. The summed E-state index contributed by atoms with van der Waals surface area (Å²) in [7, 11) is 0. The SMILES string of the molecule is N=C/C(=C(/OC1Cc2ccccc2CC1F)C(=O)Nc1cc(F)cc(F)c1)N1CCNCC1. The zero-order valence-corrected chi connectivity index (χ0v) is 17.9. The third-order valence-corrected chi connectivity index (χ3v) is 5.78. The van der Waals surface area contributed by atoms with Crippen molar-refractivity contribution in [2.45, 2.75) is 25.1 Å². The molecule has 1 fully saturated rings. The molecule has 4 rings (SSSR count). The molecular weight excluding hydrogens is 433 g/mol. The van der Waals surface area contributed by atoms with E-state index in [0.717, 1.165) is 29.5 Å². The van der Waals surface area contributed by atoms with Crippen LogP contribution >= 0.6 is 0 Å². The summed E-state index contributed by atoms with van der Waals surface area (Å²) in [6, 6.07) is 10.1. The van der Waals surface area contributed by atoms with Crippen molar-refractivity contribution >= 4 is 17.8 Å². The van der Waals surface area contributed by atoms with Crippen molar-refractivity contribution in [1.29, 1.82) is 5.41 Å². The molecule has 2 aromatic carbocycles. The predicted molar refractivity (Wildman–Crippen MR) is 119 cm³/mol. The van der Waals surface area contributed by atoms with Crippen molar-refractivity contribution in [2.75, 3.05) is 31.5 Å². The maximum absolute atomic E-state index is 15.0. The molecule has 1 aliphatic carbocycles. The maximum Gasteiger partial charge on any atom is 0.293 e. The van der Waals surface area contributed by atoms with Gasteiger partial charge >= 0.3 is 0 Å². The van der Waals surface area contributed by atoms with Gasteiger partial charge in [0, 0.05) is 57.0 Å². The van der Waals surface area contributed by atoms with Gasteiger partial charge < -0.3 is 25.7 Å². The summed E-state index contributed by atoms with van der Waals surface area (Å²) in [5, 5.41) is 13.6. The Morgan fingerprint density at radius 2 is 1.73 bits per heavy atom. The third kappa shape index (κ3) is 5.36. The van der Waals surface area contributed by atoms with E-state index in [0.29, 0.717) is 32.2 Å². The number of amides is 1. The van der Waals surface area contributed by atoms with Gasteiger partial charge in [0.1, 0.15) is 29.6 Å². The number of anilines is 1. The van der Waals surface area contributed by atoms with Crippen molar-refractivity contribution in [3.63, 3.8) is 0 Å². The van der Waals surface area contributed by atoms with E-state index >= 15 is 4.39 Å². The fraction of sp³-hybridized carbons (Fsp3) is 0.333. The third-order valence-electron chi connectivity index (χ3n) is 5.78. The van der Waals surface area contributed by atoms with Crippen molar-refractivity contribution in [3.05, 3.63) is 76.7 Å². The van der Waals surface area contributed by atoms with Gasteiger partial charge in [-0.15, -0.1) is 0 Å². The molecule has 0 radical (unpaired) electrons. The van der Waals surface area contributed by atoms with Crippen LogP contribution in [0.1, 0.15) is 11.1 Å². The van der Waals surface area contributed by atoms with Gasteiger partial charge in [0.15, 0.2) is 0 Å². The van der Waals surface area contributed by atoms with E-state index in [9.17, 15) is 13.6 Å². The first-order valence-electron chi connectivity index (χ1n) is 10.8. The highest BCUT2D eigenvalue weighted by Gasteiger charge is 2.33. The number of rotatable bonds is 6. The van der Waals surface area contributed by atoms with E-state index in [1.165, 1.54) is 0 Å². The summed E-state index contributed by atoms with van der Waals surface area (Å²) in [6.45, 7) is 2.33. The number of benzene rings is 2. The molecule has 33 heavy (non-hydrogen) atoms. The molecule has 0 bridgehead atoms. The first kappa shape index (κ1) is 22.8. The number of fused-ring (bicyclic) bond motifs is 1. The average molecular weight is 458 g/mol. The molecule has 1 heterocycles. The molecule has 6 nitrogen and oxygen atoms in total. The van der Waals surface area contributed by atoms with Gasteiger partial charge in [-0.05, 0) is 23.3 Å². The van der Waals surface area contributed by atoms with Crippen LogP contribution < -0.4 is 10.6 Å². The van der Waals surface area contributed by atoms with Crippen LogP contribution in [-0.4, -0.2) is 55.5 Å². The van der Waals surface area contributed by atoms with Crippen LogP contribution in [0.2, 0.25) is 0 Å². The van der Waals surface area contributed by atoms with Crippen LogP contribution in [0.5, 0.6) is 0 Å². The molecule has 0 saturated carbocycles. The minimum Gasteiger partial charge on any atom is -0.479 e. The highest BCUT2D eigenvalue weighted by Crippen LogP contribution is 2.28. The molecule has 2 atom stereocenters. The minimum atomic E-state index is -1.36. The van der Waals surface area contributed by atoms with E-state index < -0.39 is 29.8 Å². The first-order chi connectivity index (χ1) is 15.9. The van der Waals surface area contributed by atoms with Crippen LogP contribution in [-0.2, 0) is 22.4 Å². The van der Waals surface area contributed by atoms with Gasteiger partial charge in [-0.3, -0.25) is 4.79 Å². The van der Waals surface area contributed by atoms with Crippen molar-refractivity contribution in [2.24, 2.45) is 0 Å². The Kier molecular flexibility index (Phi) is 6.98. The summed E-state index contributed by atoms with van der Waals surface area (Å²) in [5.41, 5.74) is 1.91. The van der Waals surface area contributed by atoms with Gasteiger partial charge in [0.05, 0.1) is 0 Å². The van der Waals surface area contributed by atoms with Crippen LogP contribution in [0.3, 0.4) is 0 Å². The topological polar surface area (TPSA) is 77.5 Å². The van der Waals surface area contributed by atoms with Gasteiger partial charge in [-0.1, -0.05) is 24.3 Å². The fourth-order valence-corrected chi connectivity index (χ4v) is 4.16. The number of hydrogen-bond acceptors (Lipinski definition) is 5. The molecule has 3 N–H and O–H groups in total. The Morgan fingerprint density at radius 1 is 1.09 bits per heavy atom. The number of alkyl halides is 1. The van der Waals surface area contributed by atoms with E-state index in [4.69, 9.17) is 10.1 Å². The molecule has 174 valence electrons. The molecular formula is C24H25F3N4O2. The molecule has 9 heteroatoms. The van der Waals surface area contributed by atoms with Crippen molar-refractivity contribution < 1.29 is 22.7 Å². The average Bonchev–Trinajstić information content (AvgIpc) is 2.79. The molecule has 1 saturated heterocycles. The van der Waals surface area contributed by atoms with Crippen molar-refractivity contribution in [1.82, 2.24) is 10.2 Å². The van der Waals surface area contributed by atoms with E-state index in [-0.39, 0.29) is 30.0 Å². The summed E-state index contributed by atoms with van der Waals surface area (Å²) >= 11 is 0. The standard InChI is InChI=1S/C24H25F3N4O2/c25-17-11-18(26)13-19(12-17)30-24(32)23(21(14-28)31-7-5-29-6-8-31)33-22-10-16-4-2-1-3-15(16)9-20(22)27/h1-4,11-14,20,22,28-29H,5-10H2,(H,30,32)/b23-21-,28-14?. The molecule has 1 amide bonds. The Hall–Kier alpha value is -3.33. The second kappa shape index (κ2) is 10.1. The fourth-order valence-electron chi connectivity index (χ4n) is 4.16. The summed E-state index contributed by atoms with van der Waals surface area (Å²) in [6.07, 6.45) is -0.892. The zero-order valence-electron chi connectivity index (χ0n) is 17.9. The zero-order chi connectivity index (χ0) is 23.4. The van der Waals surface area contributed by atoms with Gasteiger partial charge in [-0.2, -0.15) is 0 Å². The highest BCUT2D eigenvalue weighted by atomic mass is 19.1. The Balaban J connectivity index is 1.65. The molecule has 1 aliphatic heterocycles. The largest absolute Gasteiger partial charge is 0.479 e. The number of piperazine rings is 1. The van der Waals surface area contributed by atoms with Gasteiger partial charge in [-0.25, -0.2) is 13.2 Å². The predicted octanol–water partition coefficient (Wildman–Crippen LogP) is 3.19. The van der Waals surface area contributed by atoms with Gasteiger partial charge in [0.25, 0.3) is 5.91 Å². The lowest BCUT2D eigenvalue weighted by molar-refractivity contribution is -0.118. The molecule has 0 spiro atoms. The number of carbonyl (C=O) groups excluding carboxylic acids is 1. The number of hydrogen-bond donors (Lipinski definition) is 3. The number of allylic oxidation sites excluding steroid dienone is 1. The first-order valence-corrected chi connectivity index (χ1v) is 10.8. The van der Waals surface area contributed by atoms with Crippen LogP contribution in [0.25, 0.3) is 0 Å². The van der Waals surface area contributed by atoms with Gasteiger partial charge in [0.2, 0.25) is 5.76 Å². The van der Waals surface area contributed by atoms with E-state index in [1.54, 1.807) is 4.90 Å². The molecule has 2 aromatic rings. The number of nitrogens with one attached hydrogen (secondary N) is 3. The summed E-state index contributed by atoms with van der Waals surface area (Å²) in [4.78, 5) is 15.0. The molecule has 0 aromatic heterocycles.